The molecule has 2 N–H and O–H groups in total. The van der Waals surface area contributed by atoms with Crippen LogP contribution in [0.5, 0.6) is 0 Å². The molecule has 5 heteroatoms. The number of aryl methyl sites for hydroxylation is 1. The van der Waals surface area contributed by atoms with E-state index in [4.69, 9.17) is 10.2 Å². The highest BCUT2D eigenvalue weighted by atomic mass is 16.4. The van der Waals surface area contributed by atoms with Gasteiger partial charge in [-0.25, -0.2) is 9.59 Å². The van der Waals surface area contributed by atoms with Gasteiger partial charge in [0.05, 0.1) is 6.54 Å². The van der Waals surface area contributed by atoms with Gasteiger partial charge in [-0.3, -0.25) is 4.90 Å². The Balaban J connectivity index is 2.49. The fourth-order valence-electron chi connectivity index (χ4n) is 2.03. The van der Waals surface area contributed by atoms with Crippen molar-refractivity contribution in [1.29, 1.82) is 0 Å². The average Bonchev–Trinajstić information content (AvgIpc) is 2.55. The van der Waals surface area contributed by atoms with Crippen molar-refractivity contribution in [3.63, 3.8) is 0 Å². The molecule has 1 heterocycles. The second kappa shape index (κ2) is 3.52. The molecule has 16 heavy (non-hydrogen) atoms. The van der Waals surface area contributed by atoms with Gasteiger partial charge < -0.3 is 10.2 Å². The lowest BCUT2D eigenvalue weighted by atomic mass is 10.0. The van der Waals surface area contributed by atoms with Crippen molar-refractivity contribution in [2.45, 2.75) is 19.5 Å². The SMILES string of the molecule is Cc1ccc2c(c1)CN(C(=O)O)[C@H]2C(=O)O. The van der Waals surface area contributed by atoms with Gasteiger partial charge in [-0.1, -0.05) is 23.8 Å². The van der Waals surface area contributed by atoms with E-state index in [0.29, 0.717) is 5.56 Å². The Morgan fingerprint density at radius 2 is 2.06 bits per heavy atom. The first-order valence-corrected chi connectivity index (χ1v) is 4.82. The van der Waals surface area contributed by atoms with Crippen LogP contribution >= 0.6 is 0 Å². The Labute approximate surface area is 91.9 Å². The van der Waals surface area contributed by atoms with Crippen molar-refractivity contribution in [3.8, 4) is 0 Å². The van der Waals surface area contributed by atoms with Crippen LogP contribution in [0.3, 0.4) is 0 Å². The molecule has 0 aromatic heterocycles. The van der Waals surface area contributed by atoms with Crippen LogP contribution in [0.25, 0.3) is 0 Å². The number of aliphatic carboxylic acids is 1. The van der Waals surface area contributed by atoms with Crippen molar-refractivity contribution in [2.24, 2.45) is 0 Å². The normalized spacial score (nSPS) is 18.3. The van der Waals surface area contributed by atoms with Gasteiger partial charge in [0.2, 0.25) is 0 Å². The molecule has 0 aliphatic carbocycles. The lowest BCUT2D eigenvalue weighted by Crippen LogP contribution is -2.32. The van der Waals surface area contributed by atoms with E-state index in [9.17, 15) is 9.59 Å². The molecule has 0 spiro atoms. The first kappa shape index (κ1) is 10.5. The van der Waals surface area contributed by atoms with E-state index >= 15 is 0 Å². The van der Waals surface area contributed by atoms with Crippen molar-refractivity contribution in [3.05, 3.63) is 34.9 Å². The minimum absolute atomic E-state index is 0.142. The van der Waals surface area contributed by atoms with Crippen LogP contribution in [0, 0.1) is 6.92 Å². The Bertz CT molecular complexity index is 469. The van der Waals surface area contributed by atoms with Gasteiger partial charge in [0.25, 0.3) is 0 Å². The van der Waals surface area contributed by atoms with E-state index in [1.807, 2.05) is 13.0 Å². The van der Waals surface area contributed by atoms with E-state index in [1.54, 1.807) is 12.1 Å². The third-order valence-electron chi connectivity index (χ3n) is 2.73. The zero-order valence-corrected chi connectivity index (χ0v) is 8.67. The van der Waals surface area contributed by atoms with Crippen LogP contribution in [0.4, 0.5) is 4.79 Å². The summed E-state index contributed by atoms with van der Waals surface area (Å²) in [5.41, 5.74) is 2.34. The first-order chi connectivity index (χ1) is 7.50. The van der Waals surface area contributed by atoms with Gasteiger partial charge in [0, 0.05) is 0 Å². The number of amides is 1. The highest BCUT2D eigenvalue weighted by molar-refractivity contribution is 5.83. The number of hydrogen-bond donors (Lipinski definition) is 2. The first-order valence-electron chi connectivity index (χ1n) is 4.82. The quantitative estimate of drug-likeness (QED) is 0.755. The third-order valence-corrected chi connectivity index (χ3v) is 2.73. The maximum Gasteiger partial charge on any atom is 0.408 e. The summed E-state index contributed by atoms with van der Waals surface area (Å²) in [5, 5.41) is 18.0. The smallest absolute Gasteiger partial charge is 0.408 e. The second-order valence-corrected chi connectivity index (χ2v) is 3.85. The Hall–Kier alpha value is -2.04. The van der Waals surface area contributed by atoms with Gasteiger partial charge in [0.1, 0.15) is 0 Å². The van der Waals surface area contributed by atoms with E-state index in [-0.39, 0.29) is 6.54 Å². The zero-order valence-electron chi connectivity index (χ0n) is 8.67. The molecule has 1 aliphatic heterocycles. The van der Waals surface area contributed by atoms with Gasteiger partial charge in [0.15, 0.2) is 6.04 Å². The lowest BCUT2D eigenvalue weighted by Gasteiger charge is -2.17. The molecule has 2 rings (SSSR count). The van der Waals surface area contributed by atoms with E-state index in [1.165, 1.54) is 0 Å². The van der Waals surface area contributed by atoms with Crippen molar-refractivity contribution >= 4 is 12.1 Å². The molecular formula is C11H11NO4. The van der Waals surface area contributed by atoms with E-state index in [0.717, 1.165) is 16.0 Å². The van der Waals surface area contributed by atoms with Crippen LogP contribution in [0.1, 0.15) is 22.7 Å². The molecule has 1 aromatic rings. The van der Waals surface area contributed by atoms with E-state index < -0.39 is 18.1 Å². The molecule has 1 aliphatic rings. The number of fused-ring (bicyclic) bond motifs is 1. The molecule has 0 radical (unpaired) electrons. The Morgan fingerprint density at radius 1 is 1.38 bits per heavy atom. The molecule has 5 nitrogen and oxygen atoms in total. The third kappa shape index (κ3) is 1.50. The van der Waals surface area contributed by atoms with Gasteiger partial charge >= 0.3 is 12.1 Å². The summed E-state index contributed by atoms with van der Waals surface area (Å²) >= 11 is 0. The van der Waals surface area contributed by atoms with Crippen LogP contribution in [-0.2, 0) is 11.3 Å². The molecule has 0 saturated carbocycles. The maximum absolute atomic E-state index is 11.1. The molecule has 1 aromatic carbocycles. The van der Waals surface area contributed by atoms with Crippen molar-refractivity contribution in [1.82, 2.24) is 4.90 Å². The van der Waals surface area contributed by atoms with Crippen LogP contribution in [0.2, 0.25) is 0 Å². The minimum Gasteiger partial charge on any atom is -0.479 e. The number of carboxylic acids is 1. The van der Waals surface area contributed by atoms with E-state index in [2.05, 4.69) is 0 Å². The highest BCUT2D eigenvalue weighted by Crippen LogP contribution is 2.34. The summed E-state index contributed by atoms with van der Waals surface area (Å²) in [5.74, 6) is -1.13. The summed E-state index contributed by atoms with van der Waals surface area (Å²) in [6.45, 7) is 2.03. The molecule has 0 fully saturated rings. The van der Waals surface area contributed by atoms with Crippen molar-refractivity contribution < 1.29 is 19.8 Å². The number of carbonyl (C=O) groups is 2. The second-order valence-electron chi connectivity index (χ2n) is 3.85. The predicted octanol–water partition coefficient (Wildman–Crippen LogP) is 1.61. The van der Waals surface area contributed by atoms with Gasteiger partial charge in [-0.15, -0.1) is 0 Å². The fraction of sp³-hybridized carbons (Fsp3) is 0.273. The largest absolute Gasteiger partial charge is 0.479 e. The summed E-state index contributed by atoms with van der Waals surface area (Å²) in [4.78, 5) is 22.9. The van der Waals surface area contributed by atoms with Gasteiger partial charge in [-0.05, 0) is 18.1 Å². The minimum atomic E-state index is -1.21. The number of nitrogens with zero attached hydrogens (tertiary/aromatic N) is 1. The topological polar surface area (TPSA) is 77.8 Å². The summed E-state index contributed by atoms with van der Waals surface area (Å²) in [6.07, 6.45) is -1.21. The summed E-state index contributed by atoms with van der Waals surface area (Å²) in [6, 6.07) is 4.23. The molecular weight excluding hydrogens is 210 g/mol. The summed E-state index contributed by atoms with van der Waals surface area (Å²) < 4.78 is 0. The lowest BCUT2D eigenvalue weighted by molar-refractivity contribution is -0.142. The molecule has 0 bridgehead atoms. The highest BCUT2D eigenvalue weighted by Gasteiger charge is 2.38. The molecule has 0 saturated heterocycles. The average molecular weight is 221 g/mol. The predicted molar refractivity (Wildman–Crippen MR) is 55.1 cm³/mol. The maximum atomic E-state index is 11.1. The van der Waals surface area contributed by atoms with Gasteiger partial charge in [-0.2, -0.15) is 0 Å². The molecule has 1 amide bonds. The zero-order chi connectivity index (χ0) is 11.9. The van der Waals surface area contributed by atoms with Crippen LogP contribution in [0.15, 0.2) is 18.2 Å². The number of rotatable bonds is 1. The van der Waals surface area contributed by atoms with Crippen LogP contribution < -0.4 is 0 Å². The van der Waals surface area contributed by atoms with Crippen LogP contribution in [-0.4, -0.2) is 27.2 Å². The Morgan fingerprint density at radius 3 is 2.62 bits per heavy atom. The molecule has 0 unspecified atom stereocenters. The monoisotopic (exact) mass is 221 g/mol. The molecule has 84 valence electrons. The Kier molecular flexibility index (Phi) is 2.30. The standard InChI is InChI=1S/C11H11NO4/c1-6-2-3-8-7(4-6)5-12(11(15)16)9(8)10(13)14/h2-4,9H,5H2,1H3,(H,13,14)(H,15,16)/t9-/m1/s1. The number of hydrogen-bond acceptors (Lipinski definition) is 2. The summed E-state index contributed by atoms with van der Waals surface area (Å²) in [7, 11) is 0. The number of carboxylic acid groups (broad SMARTS) is 2. The van der Waals surface area contributed by atoms with Crippen molar-refractivity contribution in [2.75, 3.05) is 0 Å². The number of benzene rings is 1. The fourth-order valence-corrected chi connectivity index (χ4v) is 2.03. The molecule has 1 atom stereocenters.